The standard InChI is InChI=1S/C17H25ClN2O/c1-3-20-9-7-14(8-10-20)12-17(21)19(2)13-15-5-4-6-16(18)11-15/h4-6,11,14H,3,7-10,12-13H2,1-2H3. The lowest BCUT2D eigenvalue weighted by Crippen LogP contribution is -2.36. The summed E-state index contributed by atoms with van der Waals surface area (Å²) in [6.45, 7) is 6.21. The van der Waals surface area contributed by atoms with Gasteiger partial charge < -0.3 is 9.80 Å². The summed E-state index contributed by atoms with van der Waals surface area (Å²) in [7, 11) is 1.88. The lowest BCUT2D eigenvalue weighted by Gasteiger charge is -2.31. The van der Waals surface area contributed by atoms with Crippen LogP contribution in [0, 0.1) is 5.92 Å². The third-order valence-electron chi connectivity index (χ3n) is 4.35. The lowest BCUT2D eigenvalue weighted by atomic mass is 9.93. The van der Waals surface area contributed by atoms with Crippen molar-refractivity contribution in [1.82, 2.24) is 9.80 Å². The van der Waals surface area contributed by atoms with Crippen LogP contribution in [0.2, 0.25) is 5.02 Å². The van der Waals surface area contributed by atoms with E-state index in [4.69, 9.17) is 11.6 Å². The first kappa shape index (κ1) is 16.3. The minimum Gasteiger partial charge on any atom is -0.341 e. The molecule has 3 nitrogen and oxygen atoms in total. The molecule has 1 aliphatic rings. The molecule has 0 N–H and O–H groups in total. The first-order chi connectivity index (χ1) is 10.1. The number of rotatable bonds is 5. The molecule has 116 valence electrons. The van der Waals surface area contributed by atoms with Gasteiger partial charge in [-0.3, -0.25) is 4.79 Å². The Kier molecular flexibility index (Phi) is 6.07. The molecule has 1 saturated heterocycles. The zero-order chi connectivity index (χ0) is 15.2. The maximum Gasteiger partial charge on any atom is 0.222 e. The van der Waals surface area contributed by atoms with E-state index >= 15 is 0 Å². The lowest BCUT2D eigenvalue weighted by molar-refractivity contribution is -0.131. The van der Waals surface area contributed by atoms with Crippen LogP contribution in [-0.2, 0) is 11.3 Å². The van der Waals surface area contributed by atoms with Crippen LogP contribution in [0.25, 0.3) is 0 Å². The molecule has 2 rings (SSSR count). The molecule has 1 aromatic rings. The number of nitrogens with zero attached hydrogens (tertiary/aromatic N) is 2. The third kappa shape index (κ3) is 5.01. The van der Waals surface area contributed by atoms with E-state index in [0.29, 0.717) is 18.9 Å². The van der Waals surface area contributed by atoms with Gasteiger partial charge in [0.1, 0.15) is 0 Å². The van der Waals surface area contributed by atoms with Crippen LogP contribution in [0.15, 0.2) is 24.3 Å². The quantitative estimate of drug-likeness (QED) is 0.832. The zero-order valence-corrected chi connectivity index (χ0v) is 13.8. The van der Waals surface area contributed by atoms with Gasteiger partial charge in [0, 0.05) is 25.0 Å². The molecule has 1 fully saturated rings. The highest BCUT2D eigenvalue weighted by Gasteiger charge is 2.22. The fraction of sp³-hybridized carbons (Fsp3) is 0.588. The second kappa shape index (κ2) is 7.81. The number of hydrogen-bond acceptors (Lipinski definition) is 2. The highest BCUT2D eigenvalue weighted by atomic mass is 35.5. The largest absolute Gasteiger partial charge is 0.341 e. The first-order valence-electron chi connectivity index (χ1n) is 7.79. The predicted octanol–water partition coefficient (Wildman–Crippen LogP) is 3.42. The van der Waals surface area contributed by atoms with E-state index in [1.165, 1.54) is 0 Å². The van der Waals surface area contributed by atoms with Crippen molar-refractivity contribution in [3.05, 3.63) is 34.9 Å². The van der Waals surface area contributed by atoms with Crippen LogP contribution in [0.5, 0.6) is 0 Å². The van der Waals surface area contributed by atoms with Crippen molar-refractivity contribution in [1.29, 1.82) is 0 Å². The molecule has 0 unspecified atom stereocenters. The fourth-order valence-electron chi connectivity index (χ4n) is 2.91. The molecular formula is C17H25ClN2O. The van der Waals surface area contributed by atoms with Crippen molar-refractivity contribution >= 4 is 17.5 Å². The van der Waals surface area contributed by atoms with Crippen molar-refractivity contribution in [3.8, 4) is 0 Å². The minimum atomic E-state index is 0.241. The average Bonchev–Trinajstić information content (AvgIpc) is 2.48. The summed E-state index contributed by atoms with van der Waals surface area (Å²) >= 11 is 5.98. The van der Waals surface area contributed by atoms with Gasteiger partial charge in [-0.1, -0.05) is 30.7 Å². The molecule has 0 aliphatic carbocycles. The molecule has 0 saturated carbocycles. The van der Waals surface area contributed by atoms with Crippen molar-refractivity contribution in [3.63, 3.8) is 0 Å². The highest BCUT2D eigenvalue weighted by molar-refractivity contribution is 6.30. The number of carbonyl (C=O) groups excluding carboxylic acids is 1. The van der Waals surface area contributed by atoms with Gasteiger partial charge in [-0.05, 0) is 56.1 Å². The third-order valence-corrected chi connectivity index (χ3v) is 4.59. The SMILES string of the molecule is CCN1CCC(CC(=O)N(C)Cc2cccc(Cl)c2)CC1. The molecule has 1 amide bonds. The molecule has 0 spiro atoms. The van der Waals surface area contributed by atoms with Crippen molar-refractivity contribution < 1.29 is 4.79 Å². The van der Waals surface area contributed by atoms with Crippen LogP contribution >= 0.6 is 11.6 Å². The Bertz CT molecular complexity index is 470. The molecular weight excluding hydrogens is 284 g/mol. The minimum absolute atomic E-state index is 0.241. The Labute approximate surface area is 132 Å². The monoisotopic (exact) mass is 308 g/mol. The van der Waals surface area contributed by atoms with Gasteiger partial charge in [-0.2, -0.15) is 0 Å². The van der Waals surface area contributed by atoms with Gasteiger partial charge in [-0.25, -0.2) is 0 Å². The molecule has 1 aromatic carbocycles. The van der Waals surface area contributed by atoms with Crippen LogP contribution in [0.4, 0.5) is 0 Å². The normalized spacial score (nSPS) is 16.9. The van der Waals surface area contributed by atoms with Crippen molar-refractivity contribution in [2.24, 2.45) is 5.92 Å². The summed E-state index contributed by atoms with van der Waals surface area (Å²) in [6.07, 6.45) is 2.96. The van der Waals surface area contributed by atoms with E-state index in [0.717, 1.165) is 43.1 Å². The number of halogens is 1. The second-order valence-electron chi connectivity index (χ2n) is 5.96. The van der Waals surface area contributed by atoms with Crippen molar-refractivity contribution in [2.45, 2.75) is 32.7 Å². The van der Waals surface area contributed by atoms with Gasteiger partial charge >= 0.3 is 0 Å². The van der Waals surface area contributed by atoms with E-state index in [9.17, 15) is 4.79 Å². The van der Waals surface area contributed by atoms with Gasteiger partial charge in [0.2, 0.25) is 5.91 Å². The Morgan fingerprint density at radius 2 is 2.10 bits per heavy atom. The Hall–Kier alpha value is -1.06. The Morgan fingerprint density at radius 3 is 2.71 bits per heavy atom. The van der Waals surface area contributed by atoms with Gasteiger partial charge in [-0.15, -0.1) is 0 Å². The number of hydrogen-bond donors (Lipinski definition) is 0. The number of piperidine rings is 1. The number of benzene rings is 1. The first-order valence-corrected chi connectivity index (χ1v) is 8.17. The number of carbonyl (C=O) groups is 1. The summed E-state index contributed by atoms with van der Waals surface area (Å²) in [5, 5.41) is 0.722. The zero-order valence-electron chi connectivity index (χ0n) is 13.0. The fourth-order valence-corrected chi connectivity index (χ4v) is 3.12. The Balaban J connectivity index is 1.80. The number of likely N-dealkylation sites (tertiary alicyclic amines) is 1. The van der Waals surface area contributed by atoms with Crippen LogP contribution in [0.1, 0.15) is 31.7 Å². The van der Waals surface area contributed by atoms with E-state index in [1.807, 2.05) is 36.2 Å². The summed E-state index contributed by atoms with van der Waals surface area (Å²) < 4.78 is 0. The van der Waals surface area contributed by atoms with Crippen LogP contribution in [0.3, 0.4) is 0 Å². The van der Waals surface area contributed by atoms with Gasteiger partial charge in [0.15, 0.2) is 0 Å². The summed E-state index contributed by atoms with van der Waals surface area (Å²) in [5.74, 6) is 0.784. The molecule has 0 atom stereocenters. The highest BCUT2D eigenvalue weighted by Crippen LogP contribution is 2.21. The second-order valence-corrected chi connectivity index (χ2v) is 6.40. The van der Waals surface area contributed by atoms with Crippen LogP contribution in [-0.4, -0.2) is 42.4 Å². The molecule has 4 heteroatoms. The average molecular weight is 309 g/mol. The summed E-state index contributed by atoms with van der Waals surface area (Å²) in [5.41, 5.74) is 1.08. The van der Waals surface area contributed by atoms with E-state index in [1.54, 1.807) is 0 Å². The predicted molar refractivity (Wildman–Crippen MR) is 87.4 cm³/mol. The van der Waals surface area contributed by atoms with Gasteiger partial charge in [0.25, 0.3) is 0 Å². The summed E-state index contributed by atoms with van der Waals surface area (Å²) in [6, 6.07) is 7.71. The van der Waals surface area contributed by atoms with E-state index < -0.39 is 0 Å². The maximum atomic E-state index is 12.3. The maximum absolute atomic E-state index is 12.3. The molecule has 1 aliphatic heterocycles. The van der Waals surface area contributed by atoms with Gasteiger partial charge in [0.05, 0.1) is 0 Å². The molecule has 0 bridgehead atoms. The smallest absolute Gasteiger partial charge is 0.222 e. The van der Waals surface area contributed by atoms with Crippen LogP contribution < -0.4 is 0 Å². The van der Waals surface area contributed by atoms with E-state index in [2.05, 4.69) is 11.8 Å². The Morgan fingerprint density at radius 1 is 1.38 bits per heavy atom. The topological polar surface area (TPSA) is 23.6 Å². The van der Waals surface area contributed by atoms with Crippen molar-refractivity contribution in [2.75, 3.05) is 26.7 Å². The molecule has 1 heterocycles. The summed E-state index contributed by atoms with van der Waals surface area (Å²) in [4.78, 5) is 16.6. The number of amides is 1. The molecule has 21 heavy (non-hydrogen) atoms. The molecule has 0 aromatic heterocycles. The molecule has 0 radical (unpaired) electrons. The van der Waals surface area contributed by atoms with E-state index in [-0.39, 0.29) is 5.91 Å².